The predicted octanol–water partition coefficient (Wildman–Crippen LogP) is 1.93. The first-order valence-electron chi connectivity index (χ1n) is 8.43. The van der Waals surface area contributed by atoms with Gasteiger partial charge in [-0.05, 0) is 25.3 Å². The van der Waals surface area contributed by atoms with Crippen molar-refractivity contribution in [3.05, 3.63) is 23.5 Å². The summed E-state index contributed by atoms with van der Waals surface area (Å²) in [7, 11) is 1.66. The van der Waals surface area contributed by atoms with Gasteiger partial charge in [0.2, 0.25) is 0 Å². The Balaban J connectivity index is 2.18. The Morgan fingerprint density at radius 3 is 2.76 bits per heavy atom. The quantitative estimate of drug-likeness (QED) is 0.384. The van der Waals surface area contributed by atoms with E-state index < -0.39 is 0 Å². The third-order valence-electron chi connectivity index (χ3n) is 3.69. The minimum absolute atomic E-state index is 0.00432. The summed E-state index contributed by atoms with van der Waals surface area (Å²) in [6.07, 6.45) is 3.28. The van der Waals surface area contributed by atoms with E-state index in [0.717, 1.165) is 25.2 Å². The molecule has 0 bridgehead atoms. The van der Waals surface area contributed by atoms with E-state index in [2.05, 4.69) is 45.7 Å². The Hall–Kier alpha value is -2.39. The Bertz CT molecular complexity index is 717. The lowest BCUT2D eigenvalue weighted by Crippen LogP contribution is -2.52. The Kier molecular flexibility index (Phi) is 6.16. The molecule has 6 heteroatoms. The highest BCUT2D eigenvalue weighted by atomic mass is 16.5. The van der Waals surface area contributed by atoms with Crippen LogP contribution in [0.4, 0.5) is 0 Å². The Morgan fingerprint density at radius 1 is 1.48 bits per heavy atom. The normalized spacial score (nSPS) is 17.3. The number of hydrogen-bond donors (Lipinski definition) is 1. The minimum atomic E-state index is 0.00432. The smallest absolute Gasteiger partial charge is 0.148 e. The molecule has 1 aromatic heterocycles. The van der Waals surface area contributed by atoms with Gasteiger partial charge in [0.25, 0.3) is 0 Å². The number of pyridine rings is 1. The molecule has 2 N–H and O–H groups in total. The van der Waals surface area contributed by atoms with Crippen LogP contribution < -0.4 is 10.6 Å². The van der Waals surface area contributed by atoms with Gasteiger partial charge in [0.1, 0.15) is 17.2 Å². The molecular weight excluding hydrogens is 314 g/mol. The second-order valence-electron chi connectivity index (χ2n) is 7.25. The van der Waals surface area contributed by atoms with Crippen molar-refractivity contribution in [3.63, 3.8) is 0 Å². The molecule has 0 atom stereocenters. The number of rotatable bonds is 5. The number of ether oxygens (including phenoxy) is 1. The van der Waals surface area contributed by atoms with E-state index in [1.54, 1.807) is 19.5 Å². The van der Waals surface area contributed by atoms with Crippen LogP contribution in [0.5, 0.6) is 5.75 Å². The molecule has 1 aromatic rings. The highest BCUT2D eigenvalue weighted by molar-refractivity contribution is 6.38. The van der Waals surface area contributed by atoms with Crippen molar-refractivity contribution in [1.82, 2.24) is 9.88 Å². The van der Waals surface area contributed by atoms with Gasteiger partial charge >= 0.3 is 0 Å². The van der Waals surface area contributed by atoms with Crippen molar-refractivity contribution < 1.29 is 4.74 Å². The fourth-order valence-corrected chi connectivity index (χ4v) is 2.86. The topological polar surface area (TPSA) is 76.1 Å². The maximum absolute atomic E-state index is 5.86. The maximum atomic E-state index is 5.86. The molecule has 1 saturated heterocycles. The zero-order valence-corrected chi connectivity index (χ0v) is 15.7. The number of likely N-dealkylation sites (tertiary alicyclic amines) is 1. The van der Waals surface area contributed by atoms with Crippen molar-refractivity contribution in [2.24, 2.45) is 21.4 Å². The van der Waals surface area contributed by atoms with Crippen molar-refractivity contribution in [3.8, 4) is 17.6 Å². The minimum Gasteiger partial charge on any atom is -0.489 e. The van der Waals surface area contributed by atoms with Gasteiger partial charge in [-0.1, -0.05) is 25.7 Å². The third kappa shape index (κ3) is 5.30. The lowest BCUT2D eigenvalue weighted by atomic mass is 9.84. The third-order valence-corrected chi connectivity index (χ3v) is 3.69. The van der Waals surface area contributed by atoms with Crippen molar-refractivity contribution >= 4 is 11.9 Å². The summed E-state index contributed by atoms with van der Waals surface area (Å²) in [6.45, 7) is 11.4. The van der Waals surface area contributed by atoms with Gasteiger partial charge < -0.3 is 10.6 Å². The van der Waals surface area contributed by atoms with E-state index in [-0.39, 0.29) is 6.10 Å². The number of aromatic nitrogens is 1. The number of hydrazone groups is 1. The van der Waals surface area contributed by atoms with E-state index in [4.69, 9.17) is 10.6 Å². The molecule has 0 aliphatic carbocycles. The number of nitrogens with zero attached hydrogens (tertiary/aromatic N) is 4. The number of aliphatic imine (C=N–C) groups is 1. The summed E-state index contributed by atoms with van der Waals surface area (Å²) in [4.78, 5) is 10.7. The first kappa shape index (κ1) is 18.9. The number of nitrogens with two attached hydrogens (primary N) is 1. The standard InChI is InChI=1S/C19H27N5O/c1-14(2)25-17-9-15(7-6-8-24-12-19(3,4)13-24)10-22-18(17)16(23-20)11-21-5/h9-11,14H,8,12-13,20H2,1-5H3/b21-11?,23-16+. The van der Waals surface area contributed by atoms with E-state index in [1.807, 2.05) is 19.9 Å². The molecule has 2 heterocycles. The van der Waals surface area contributed by atoms with Crippen LogP contribution in [0.1, 0.15) is 39.0 Å². The van der Waals surface area contributed by atoms with Crippen LogP contribution in [0.3, 0.4) is 0 Å². The summed E-state index contributed by atoms with van der Waals surface area (Å²) >= 11 is 0. The largest absolute Gasteiger partial charge is 0.489 e. The Morgan fingerprint density at radius 2 is 2.20 bits per heavy atom. The van der Waals surface area contributed by atoms with Crippen molar-refractivity contribution in [1.29, 1.82) is 0 Å². The molecule has 1 aliphatic heterocycles. The van der Waals surface area contributed by atoms with E-state index in [1.165, 1.54) is 0 Å². The molecule has 134 valence electrons. The van der Waals surface area contributed by atoms with E-state index >= 15 is 0 Å². The van der Waals surface area contributed by atoms with Gasteiger partial charge in [-0.2, -0.15) is 5.10 Å². The second-order valence-corrected chi connectivity index (χ2v) is 7.25. The lowest BCUT2D eigenvalue weighted by Gasteiger charge is -2.44. The molecular formula is C19H27N5O. The average molecular weight is 341 g/mol. The first-order valence-corrected chi connectivity index (χ1v) is 8.43. The molecule has 1 aliphatic rings. The first-order chi connectivity index (χ1) is 11.8. The van der Waals surface area contributed by atoms with Crippen LogP contribution in [-0.2, 0) is 0 Å². The average Bonchev–Trinajstić information content (AvgIpc) is 2.51. The van der Waals surface area contributed by atoms with Gasteiger partial charge in [-0.3, -0.25) is 9.89 Å². The van der Waals surface area contributed by atoms with Crippen molar-refractivity contribution in [2.45, 2.75) is 33.8 Å². The maximum Gasteiger partial charge on any atom is 0.148 e. The molecule has 0 aromatic carbocycles. The van der Waals surface area contributed by atoms with Gasteiger partial charge in [0.05, 0.1) is 18.9 Å². The van der Waals surface area contributed by atoms with Crippen molar-refractivity contribution in [2.75, 3.05) is 26.7 Å². The second kappa shape index (κ2) is 8.13. The summed E-state index contributed by atoms with van der Waals surface area (Å²) in [5.74, 6) is 12.4. The fraction of sp³-hybridized carbons (Fsp3) is 0.526. The van der Waals surface area contributed by atoms with Crippen LogP contribution in [0, 0.1) is 17.3 Å². The van der Waals surface area contributed by atoms with Crippen LogP contribution in [-0.4, -0.2) is 54.6 Å². The molecule has 1 fully saturated rings. The number of hydrogen-bond acceptors (Lipinski definition) is 6. The summed E-state index contributed by atoms with van der Waals surface area (Å²) in [6, 6.07) is 1.88. The van der Waals surface area contributed by atoms with Gasteiger partial charge in [-0.15, -0.1) is 0 Å². The lowest BCUT2D eigenvalue weighted by molar-refractivity contribution is 0.0443. The van der Waals surface area contributed by atoms with Crippen LogP contribution in [0.25, 0.3) is 0 Å². The molecule has 25 heavy (non-hydrogen) atoms. The molecule has 6 nitrogen and oxygen atoms in total. The van der Waals surface area contributed by atoms with E-state index in [0.29, 0.717) is 22.6 Å². The van der Waals surface area contributed by atoms with Gasteiger partial charge in [-0.25, -0.2) is 4.98 Å². The molecule has 0 radical (unpaired) electrons. The molecule has 0 unspecified atom stereocenters. The Labute approximate surface area is 150 Å². The van der Waals surface area contributed by atoms with Crippen LogP contribution >= 0.6 is 0 Å². The van der Waals surface area contributed by atoms with Gasteiger partial charge in [0, 0.05) is 31.9 Å². The summed E-state index contributed by atoms with van der Waals surface area (Å²) in [5.41, 5.74) is 2.27. The monoisotopic (exact) mass is 341 g/mol. The van der Waals surface area contributed by atoms with Gasteiger partial charge in [0.15, 0.2) is 0 Å². The highest BCUT2D eigenvalue weighted by Crippen LogP contribution is 2.27. The van der Waals surface area contributed by atoms with E-state index in [9.17, 15) is 0 Å². The molecule has 0 spiro atoms. The molecule has 0 amide bonds. The van der Waals surface area contributed by atoms with Crippen LogP contribution in [0.15, 0.2) is 22.4 Å². The summed E-state index contributed by atoms with van der Waals surface area (Å²) in [5, 5.41) is 3.75. The fourth-order valence-electron chi connectivity index (χ4n) is 2.86. The predicted molar refractivity (Wildman–Crippen MR) is 102 cm³/mol. The highest BCUT2D eigenvalue weighted by Gasteiger charge is 2.32. The van der Waals surface area contributed by atoms with Crippen LogP contribution in [0.2, 0.25) is 0 Å². The molecule has 2 rings (SSSR count). The summed E-state index contributed by atoms with van der Waals surface area (Å²) < 4.78 is 5.86. The SMILES string of the molecule is CN=C/C(=N\N)c1ncc(C#CCN2CC(C)(C)C2)cc1OC(C)C. The zero-order valence-electron chi connectivity index (χ0n) is 15.7. The zero-order chi connectivity index (χ0) is 18.4. The molecule has 0 saturated carbocycles.